The van der Waals surface area contributed by atoms with E-state index < -0.39 is 17.9 Å². The summed E-state index contributed by atoms with van der Waals surface area (Å²) in [4.78, 5) is 34.2. The number of carboxylic acids is 1. The average Bonchev–Trinajstić information content (AvgIpc) is 2.25. The van der Waals surface area contributed by atoms with Gasteiger partial charge >= 0.3 is 12.0 Å². The third-order valence-electron chi connectivity index (χ3n) is 2.00. The second kappa shape index (κ2) is 7.72. The molecule has 3 amide bonds. The van der Waals surface area contributed by atoms with Gasteiger partial charge in [-0.15, -0.1) is 0 Å². The Kier molecular flexibility index (Phi) is 7.04. The van der Waals surface area contributed by atoms with E-state index in [9.17, 15) is 14.4 Å². The molecule has 0 radical (unpaired) electrons. The number of nitrogens with one attached hydrogen (secondary N) is 1. The van der Waals surface area contributed by atoms with Crippen LogP contribution in [0.2, 0.25) is 0 Å². The third kappa shape index (κ3) is 6.62. The van der Waals surface area contributed by atoms with Gasteiger partial charge in [-0.3, -0.25) is 10.1 Å². The minimum absolute atomic E-state index is 0.0127. The molecule has 0 aromatic rings. The SMILES string of the molecule is CSCC(C)N(C)C(=O)NC(=O)/C=C/C(=O)O. The van der Waals surface area contributed by atoms with Crippen molar-refractivity contribution >= 4 is 29.7 Å². The van der Waals surface area contributed by atoms with Crippen molar-refractivity contribution in [3.05, 3.63) is 12.2 Å². The molecule has 0 spiro atoms. The van der Waals surface area contributed by atoms with Crippen LogP contribution in [0.25, 0.3) is 0 Å². The number of carbonyl (C=O) groups is 3. The zero-order valence-electron chi connectivity index (χ0n) is 9.97. The van der Waals surface area contributed by atoms with E-state index in [1.165, 1.54) is 4.90 Å². The lowest BCUT2D eigenvalue weighted by Crippen LogP contribution is -2.45. The zero-order chi connectivity index (χ0) is 13.4. The van der Waals surface area contributed by atoms with Crippen LogP contribution in [0.1, 0.15) is 6.92 Å². The van der Waals surface area contributed by atoms with Gasteiger partial charge in [-0.2, -0.15) is 11.8 Å². The summed E-state index contributed by atoms with van der Waals surface area (Å²) in [6.07, 6.45) is 3.39. The Hall–Kier alpha value is -1.50. The zero-order valence-corrected chi connectivity index (χ0v) is 10.8. The van der Waals surface area contributed by atoms with Crippen molar-refractivity contribution in [2.75, 3.05) is 19.1 Å². The largest absolute Gasteiger partial charge is 0.478 e. The van der Waals surface area contributed by atoms with Crippen LogP contribution in [0.4, 0.5) is 4.79 Å². The summed E-state index contributed by atoms with van der Waals surface area (Å²) in [5.41, 5.74) is 0. The molecule has 0 fully saturated rings. The predicted octanol–water partition coefficient (Wildman–Crippen LogP) is 0.547. The first kappa shape index (κ1) is 15.5. The molecule has 0 rings (SSSR count). The number of nitrogens with zero attached hydrogens (tertiary/aromatic N) is 1. The van der Waals surface area contributed by atoms with E-state index in [2.05, 4.69) is 5.32 Å². The number of imide groups is 1. The van der Waals surface area contributed by atoms with Gasteiger partial charge in [0.25, 0.3) is 5.91 Å². The maximum absolute atomic E-state index is 11.5. The molecule has 0 aliphatic heterocycles. The topological polar surface area (TPSA) is 86.7 Å². The first-order valence-electron chi connectivity index (χ1n) is 4.86. The molecule has 0 aliphatic rings. The Labute approximate surface area is 104 Å². The van der Waals surface area contributed by atoms with E-state index in [0.717, 1.165) is 11.8 Å². The Morgan fingerprint density at radius 3 is 2.47 bits per heavy atom. The average molecular weight is 260 g/mol. The molecule has 0 aromatic carbocycles. The van der Waals surface area contributed by atoms with Gasteiger partial charge in [0.2, 0.25) is 0 Å². The van der Waals surface area contributed by atoms with Crippen molar-refractivity contribution in [2.24, 2.45) is 0 Å². The van der Waals surface area contributed by atoms with Crippen LogP contribution in [0.3, 0.4) is 0 Å². The Bertz CT molecular complexity index is 330. The molecule has 96 valence electrons. The first-order chi connectivity index (χ1) is 7.88. The molecule has 1 unspecified atom stereocenters. The van der Waals surface area contributed by atoms with Crippen molar-refractivity contribution in [3.8, 4) is 0 Å². The van der Waals surface area contributed by atoms with Crippen molar-refractivity contribution in [1.82, 2.24) is 10.2 Å². The normalized spacial score (nSPS) is 12.2. The summed E-state index contributed by atoms with van der Waals surface area (Å²) in [5.74, 6) is -1.24. The van der Waals surface area contributed by atoms with Gasteiger partial charge in [0.1, 0.15) is 0 Å². The number of carbonyl (C=O) groups excluding carboxylic acids is 2. The van der Waals surface area contributed by atoms with Crippen molar-refractivity contribution < 1.29 is 19.5 Å². The highest BCUT2D eigenvalue weighted by atomic mass is 32.2. The van der Waals surface area contributed by atoms with Crippen LogP contribution in [-0.4, -0.2) is 53.0 Å². The van der Waals surface area contributed by atoms with Crippen LogP contribution in [0.15, 0.2) is 12.2 Å². The molecule has 17 heavy (non-hydrogen) atoms. The van der Waals surface area contributed by atoms with Crippen LogP contribution in [0.5, 0.6) is 0 Å². The van der Waals surface area contributed by atoms with Crippen molar-refractivity contribution in [3.63, 3.8) is 0 Å². The number of carboxylic acid groups (broad SMARTS) is 1. The molecule has 0 aliphatic carbocycles. The van der Waals surface area contributed by atoms with E-state index in [0.29, 0.717) is 6.08 Å². The third-order valence-corrected chi connectivity index (χ3v) is 2.81. The highest BCUT2D eigenvalue weighted by Gasteiger charge is 2.16. The molecule has 1 atom stereocenters. The fourth-order valence-corrected chi connectivity index (χ4v) is 1.64. The number of aliphatic carboxylic acids is 1. The monoisotopic (exact) mass is 260 g/mol. The van der Waals surface area contributed by atoms with Crippen LogP contribution in [0, 0.1) is 0 Å². The number of urea groups is 1. The van der Waals surface area contributed by atoms with Crippen LogP contribution in [-0.2, 0) is 9.59 Å². The van der Waals surface area contributed by atoms with E-state index in [-0.39, 0.29) is 6.04 Å². The Balaban J connectivity index is 4.25. The molecule has 0 saturated carbocycles. The maximum atomic E-state index is 11.5. The smallest absolute Gasteiger partial charge is 0.328 e. The second-order valence-electron chi connectivity index (χ2n) is 3.38. The number of amides is 3. The van der Waals surface area contributed by atoms with E-state index in [4.69, 9.17) is 5.11 Å². The van der Waals surface area contributed by atoms with E-state index in [1.807, 2.05) is 13.2 Å². The summed E-state index contributed by atoms with van der Waals surface area (Å²) in [6, 6.07) is -0.562. The van der Waals surface area contributed by atoms with Gasteiger partial charge in [-0.25, -0.2) is 9.59 Å². The second-order valence-corrected chi connectivity index (χ2v) is 4.29. The Morgan fingerprint density at radius 2 is 2.00 bits per heavy atom. The lowest BCUT2D eigenvalue weighted by atomic mass is 10.3. The number of hydrogen-bond acceptors (Lipinski definition) is 4. The molecule has 0 saturated heterocycles. The van der Waals surface area contributed by atoms with E-state index >= 15 is 0 Å². The number of hydrogen-bond donors (Lipinski definition) is 2. The van der Waals surface area contributed by atoms with Gasteiger partial charge in [-0.1, -0.05) is 0 Å². The molecular weight excluding hydrogens is 244 g/mol. The Morgan fingerprint density at radius 1 is 1.41 bits per heavy atom. The standard InChI is InChI=1S/C10H16N2O4S/c1-7(6-17-3)12(2)10(16)11-8(13)4-5-9(14)15/h4-5,7H,6H2,1-3H3,(H,14,15)(H,11,13,16)/b5-4+. The summed E-state index contributed by atoms with van der Waals surface area (Å²) < 4.78 is 0. The highest BCUT2D eigenvalue weighted by Crippen LogP contribution is 2.03. The lowest BCUT2D eigenvalue weighted by Gasteiger charge is -2.23. The predicted molar refractivity (Wildman–Crippen MR) is 65.9 cm³/mol. The number of thioether (sulfide) groups is 1. The van der Waals surface area contributed by atoms with Gasteiger partial charge < -0.3 is 10.0 Å². The molecule has 0 bridgehead atoms. The maximum Gasteiger partial charge on any atom is 0.328 e. The van der Waals surface area contributed by atoms with Crippen LogP contribution >= 0.6 is 11.8 Å². The number of rotatable bonds is 5. The van der Waals surface area contributed by atoms with Gasteiger partial charge in [0.15, 0.2) is 0 Å². The lowest BCUT2D eigenvalue weighted by molar-refractivity contribution is -0.131. The molecule has 7 heteroatoms. The fraction of sp³-hybridized carbons (Fsp3) is 0.500. The summed E-state index contributed by atoms with van der Waals surface area (Å²) in [5, 5.41) is 10.4. The summed E-state index contributed by atoms with van der Waals surface area (Å²) >= 11 is 1.59. The van der Waals surface area contributed by atoms with Crippen molar-refractivity contribution in [2.45, 2.75) is 13.0 Å². The van der Waals surface area contributed by atoms with Gasteiger partial charge in [0, 0.05) is 31.0 Å². The molecule has 6 nitrogen and oxygen atoms in total. The van der Waals surface area contributed by atoms with Crippen molar-refractivity contribution in [1.29, 1.82) is 0 Å². The summed E-state index contributed by atoms with van der Waals surface area (Å²) in [7, 11) is 1.57. The molecule has 0 aromatic heterocycles. The first-order valence-corrected chi connectivity index (χ1v) is 6.25. The van der Waals surface area contributed by atoms with Gasteiger partial charge in [0.05, 0.1) is 0 Å². The van der Waals surface area contributed by atoms with Gasteiger partial charge in [-0.05, 0) is 13.2 Å². The highest BCUT2D eigenvalue weighted by molar-refractivity contribution is 7.98. The molecule has 0 heterocycles. The fourth-order valence-electron chi connectivity index (χ4n) is 0.935. The minimum atomic E-state index is -1.24. The van der Waals surface area contributed by atoms with E-state index in [1.54, 1.807) is 18.8 Å². The summed E-state index contributed by atoms with van der Waals surface area (Å²) in [6.45, 7) is 1.85. The quantitative estimate of drug-likeness (QED) is 0.705. The molecular formula is C10H16N2O4S. The van der Waals surface area contributed by atoms with Crippen LogP contribution < -0.4 is 5.32 Å². The molecule has 2 N–H and O–H groups in total. The minimum Gasteiger partial charge on any atom is -0.478 e.